The number of ether oxygens (including phenoxy) is 1. The number of H-pyrrole nitrogens is 1. The Balaban J connectivity index is 1.39. The third-order valence-corrected chi connectivity index (χ3v) is 6.01. The Morgan fingerprint density at radius 1 is 1.10 bits per heavy atom. The van der Waals surface area contributed by atoms with Crippen LogP contribution in [-0.2, 0) is 11.3 Å². The molecule has 0 saturated carbocycles. The summed E-state index contributed by atoms with van der Waals surface area (Å²) in [5.41, 5.74) is 5.43. The van der Waals surface area contributed by atoms with Crippen LogP contribution >= 0.6 is 11.3 Å². The fourth-order valence-electron chi connectivity index (χ4n) is 3.66. The molecule has 1 aliphatic heterocycles. The van der Waals surface area contributed by atoms with Gasteiger partial charge in [-0.15, -0.1) is 11.3 Å². The monoisotopic (exact) mass is 433 g/mol. The molecule has 5 heterocycles. The number of hydrogen-bond acceptors (Lipinski definition) is 9. The van der Waals surface area contributed by atoms with Crippen LogP contribution in [0.25, 0.3) is 27.1 Å². The molecule has 6 rings (SSSR count). The zero-order chi connectivity index (χ0) is 20.6. The quantitative estimate of drug-likeness (QED) is 0.435. The van der Waals surface area contributed by atoms with E-state index in [1.165, 1.54) is 0 Å². The van der Waals surface area contributed by atoms with Crippen LogP contribution < -0.4 is 10.2 Å². The van der Waals surface area contributed by atoms with Crippen LogP contribution in [0, 0.1) is 0 Å². The lowest BCUT2D eigenvalue weighted by Gasteiger charge is -2.27. The summed E-state index contributed by atoms with van der Waals surface area (Å²) < 4.78 is 7.23. The minimum Gasteiger partial charge on any atom is -0.378 e. The maximum Gasteiger partial charge on any atom is 0.230 e. The van der Waals surface area contributed by atoms with Crippen molar-refractivity contribution in [2.75, 3.05) is 36.5 Å². The minimum absolute atomic E-state index is 0.485. The van der Waals surface area contributed by atoms with Crippen molar-refractivity contribution in [3.05, 3.63) is 48.0 Å². The van der Waals surface area contributed by atoms with Crippen molar-refractivity contribution in [1.82, 2.24) is 34.5 Å². The van der Waals surface area contributed by atoms with Gasteiger partial charge in [-0.25, -0.2) is 4.98 Å². The van der Waals surface area contributed by atoms with Gasteiger partial charge in [0.1, 0.15) is 5.82 Å². The molecule has 156 valence electrons. The topological polar surface area (TPSA) is 109 Å². The second-order valence-corrected chi connectivity index (χ2v) is 8.05. The van der Waals surface area contributed by atoms with Crippen LogP contribution in [0.3, 0.4) is 0 Å². The summed E-state index contributed by atoms with van der Waals surface area (Å²) in [6, 6.07) is 7.97. The largest absolute Gasteiger partial charge is 0.378 e. The molecule has 0 spiro atoms. The van der Waals surface area contributed by atoms with Gasteiger partial charge in [-0.3, -0.25) is 4.98 Å². The van der Waals surface area contributed by atoms with E-state index in [4.69, 9.17) is 14.7 Å². The van der Waals surface area contributed by atoms with Crippen molar-refractivity contribution in [3.63, 3.8) is 0 Å². The van der Waals surface area contributed by atoms with E-state index in [1.807, 2.05) is 42.2 Å². The maximum atomic E-state index is 5.49. The van der Waals surface area contributed by atoms with Gasteiger partial charge in [-0.2, -0.15) is 19.6 Å². The first-order chi connectivity index (χ1) is 15.3. The predicted octanol–water partition coefficient (Wildman–Crippen LogP) is 2.57. The number of hydrogen-bond donors (Lipinski definition) is 2. The molecule has 0 atom stereocenters. The molecular weight excluding hydrogens is 414 g/mol. The molecule has 1 fully saturated rings. The van der Waals surface area contributed by atoms with Crippen molar-refractivity contribution in [1.29, 1.82) is 0 Å². The number of morpholine rings is 1. The summed E-state index contributed by atoms with van der Waals surface area (Å²) >= 11 is 1.56. The summed E-state index contributed by atoms with van der Waals surface area (Å²) in [6.07, 6.45) is 3.65. The molecule has 1 saturated heterocycles. The molecule has 31 heavy (non-hydrogen) atoms. The summed E-state index contributed by atoms with van der Waals surface area (Å²) in [7, 11) is 0. The molecule has 2 N–H and O–H groups in total. The summed E-state index contributed by atoms with van der Waals surface area (Å²) in [6.45, 7) is 3.32. The number of thiazole rings is 1. The third-order valence-electron chi connectivity index (χ3n) is 5.20. The molecule has 10 nitrogen and oxygen atoms in total. The fraction of sp³-hybridized carbons (Fsp3) is 0.250. The van der Waals surface area contributed by atoms with E-state index in [0.717, 1.165) is 46.0 Å². The first-order valence-corrected chi connectivity index (χ1v) is 10.9. The van der Waals surface area contributed by atoms with Gasteiger partial charge in [0.05, 0.1) is 52.9 Å². The number of anilines is 2. The Hall–Kier alpha value is -3.57. The number of imidazole rings is 1. The second kappa shape index (κ2) is 7.60. The van der Waals surface area contributed by atoms with Gasteiger partial charge in [0.25, 0.3) is 0 Å². The SMILES string of the molecule is c1ccc2[nH]c(CNc3nc(N4CCOCC4)nc4c(-c5cncs5)cnn34)nc2c1. The number of aromatic amines is 1. The lowest BCUT2D eigenvalue weighted by Crippen LogP contribution is -2.37. The number of rotatable bonds is 5. The van der Waals surface area contributed by atoms with Gasteiger partial charge >= 0.3 is 0 Å². The zero-order valence-corrected chi connectivity index (χ0v) is 17.3. The van der Waals surface area contributed by atoms with Gasteiger partial charge in [-0.1, -0.05) is 12.1 Å². The molecule has 11 heteroatoms. The number of nitrogens with one attached hydrogen (secondary N) is 2. The van der Waals surface area contributed by atoms with Crippen LogP contribution in [-0.4, -0.2) is 60.8 Å². The molecule has 5 aromatic rings. The lowest BCUT2D eigenvalue weighted by atomic mass is 10.3. The number of para-hydroxylation sites is 2. The predicted molar refractivity (Wildman–Crippen MR) is 118 cm³/mol. The fourth-order valence-corrected chi connectivity index (χ4v) is 4.29. The Labute approximate surface area is 181 Å². The maximum absolute atomic E-state index is 5.49. The standard InChI is InChI=1S/C20H19N9OS/c1-2-4-15-14(3-1)24-17(25-15)11-22-19-27-20(28-5-7-30-8-6-28)26-18-13(9-23-29(18)19)16-10-21-12-31-16/h1-4,9-10,12H,5-8,11H2,(H,24,25)(H,22,26,27). The molecule has 1 aromatic carbocycles. The lowest BCUT2D eigenvalue weighted by molar-refractivity contribution is 0.122. The molecule has 0 amide bonds. The highest BCUT2D eigenvalue weighted by atomic mass is 32.1. The smallest absolute Gasteiger partial charge is 0.230 e. The van der Waals surface area contributed by atoms with Gasteiger partial charge in [0.15, 0.2) is 5.65 Å². The highest BCUT2D eigenvalue weighted by Gasteiger charge is 2.20. The average Bonchev–Trinajstić information content (AvgIpc) is 3.56. The summed E-state index contributed by atoms with van der Waals surface area (Å²) in [5.74, 6) is 2.10. The van der Waals surface area contributed by atoms with Crippen molar-refractivity contribution < 1.29 is 4.74 Å². The van der Waals surface area contributed by atoms with E-state index in [-0.39, 0.29) is 0 Å². The van der Waals surface area contributed by atoms with Crippen LogP contribution in [0.4, 0.5) is 11.9 Å². The number of benzene rings is 1. The van der Waals surface area contributed by atoms with Crippen LogP contribution in [0.2, 0.25) is 0 Å². The van der Waals surface area contributed by atoms with Crippen molar-refractivity contribution >= 4 is 39.9 Å². The highest BCUT2D eigenvalue weighted by Crippen LogP contribution is 2.29. The van der Waals surface area contributed by atoms with Crippen molar-refractivity contribution in [2.45, 2.75) is 6.54 Å². The first kappa shape index (κ1) is 18.2. The van der Waals surface area contributed by atoms with Gasteiger partial charge in [0.2, 0.25) is 11.9 Å². The van der Waals surface area contributed by atoms with Gasteiger partial charge in [-0.05, 0) is 12.1 Å². The van der Waals surface area contributed by atoms with E-state index in [0.29, 0.717) is 31.7 Å². The van der Waals surface area contributed by atoms with E-state index < -0.39 is 0 Å². The van der Waals surface area contributed by atoms with Crippen LogP contribution in [0.5, 0.6) is 0 Å². The molecular formula is C20H19N9OS. The Morgan fingerprint density at radius 2 is 2.00 bits per heavy atom. The number of nitrogens with zero attached hydrogens (tertiary/aromatic N) is 7. The molecule has 0 unspecified atom stereocenters. The first-order valence-electron chi connectivity index (χ1n) is 10.00. The third kappa shape index (κ3) is 3.37. The van der Waals surface area contributed by atoms with E-state index in [9.17, 15) is 0 Å². The molecule has 1 aliphatic rings. The van der Waals surface area contributed by atoms with Gasteiger partial charge in [0, 0.05) is 19.3 Å². The van der Waals surface area contributed by atoms with Crippen molar-refractivity contribution in [2.24, 2.45) is 0 Å². The average molecular weight is 434 g/mol. The molecule has 0 radical (unpaired) electrons. The number of fused-ring (bicyclic) bond motifs is 2. The van der Waals surface area contributed by atoms with E-state index >= 15 is 0 Å². The van der Waals surface area contributed by atoms with Crippen LogP contribution in [0.1, 0.15) is 5.82 Å². The Kier molecular flexibility index (Phi) is 4.47. The Morgan fingerprint density at radius 3 is 2.84 bits per heavy atom. The highest BCUT2D eigenvalue weighted by molar-refractivity contribution is 7.13. The normalized spacial score (nSPS) is 14.5. The summed E-state index contributed by atoms with van der Waals surface area (Å²) in [4.78, 5) is 25.0. The van der Waals surface area contributed by atoms with E-state index in [2.05, 4.69) is 30.3 Å². The molecule has 0 bridgehead atoms. The van der Waals surface area contributed by atoms with E-state index in [1.54, 1.807) is 15.9 Å². The second-order valence-electron chi connectivity index (χ2n) is 7.16. The Bertz CT molecular complexity index is 1300. The molecule has 4 aromatic heterocycles. The van der Waals surface area contributed by atoms with Crippen molar-refractivity contribution in [3.8, 4) is 10.4 Å². The van der Waals surface area contributed by atoms with Gasteiger partial charge < -0.3 is 19.9 Å². The zero-order valence-electron chi connectivity index (χ0n) is 16.5. The van der Waals surface area contributed by atoms with Crippen LogP contribution in [0.15, 0.2) is 42.2 Å². The molecule has 0 aliphatic carbocycles. The minimum atomic E-state index is 0.485. The number of aromatic nitrogens is 7. The summed E-state index contributed by atoms with van der Waals surface area (Å²) in [5, 5.41) is 7.94.